The second kappa shape index (κ2) is 5.30. The number of fused-ring (bicyclic) bond motifs is 1. The maximum Gasteiger partial charge on any atom is 0.160 e. The first-order chi connectivity index (χ1) is 10.1. The Balaban J connectivity index is 2.09. The van der Waals surface area contributed by atoms with Crippen LogP contribution in [0.2, 0.25) is 0 Å². The molecule has 0 fully saturated rings. The predicted octanol–water partition coefficient (Wildman–Crippen LogP) is 2.65. The van der Waals surface area contributed by atoms with Crippen LogP contribution in [0.3, 0.4) is 0 Å². The summed E-state index contributed by atoms with van der Waals surface area (Å²) in [5.74, 6) is 1.16. The highest BCUT2D eigenvalue weighted by Crippen LogP contribution is 2.38. The highest BCUT2D eigenvalue weighted by molar-refractivity contribution is 5.52. The standard InChI is InChI=1S/C17H19NO3/c1-10-5-11(3-4-15(10)19)14-9-18-8-12-6-16(20)17(21-2)7-13(12)14/h3-7,14,18-20H,8-9H2,1-2H3. The third-order valence-corrected chi connectivity index (χ3v) is 4.10. The van der Waals surface area contributed by atoms with Gasteiger partial charge in [-0.3, -0.25) is 0 Å². The van der Waals surface area contributed by atoms with E-state index in [1.165, 1.54) is 0 Å². The number of rotatable bonds is 2. The van der Waals surface area contributed by atoms with Crippen molar-refractivity contribution in [2.75, 3.05) is 13.7 Å². The number of aryl methyl sites for hydroxylation is 1. The van der Waals surface area contributed by atoms with Crippen LogP contribution in [0.25, 0.3) is 0 Å². The molecule has 0 saturated heterocycles. The lowest BCUT2D eigenvalue weighted by molar-refractivity contribution is 0.371. The molecule has 1 aliphatic heterocycles. The van der Waals surface area contributed by atoms with Gasteiger partial charge in [-0.1, -0.05) is 12.1 Å². The molecule has 110 valence electrons. The van der Waals surface area contributed by atoms with Crippen LogP contribution in [-0.4, -0.2) is 23.9 Å². The van der Waals surface area contributed by atoms with Crippen molar-refractivity contribution in [3.63, 3.8) is 0 Å². The Kier molecular flexibility index (Phi) is 3.47. The summed E-state index contributed by atoms with van der Waals surface area (Å²) in [6.45, 7) is 3.46. The van der Waals surface area contributed by atoms with Crippen LogP contribution in [-0.2, 0) is 6.54 Å². The van der Waals surface area contributed by atoms with Crippen LogP contribution in [0.4, 0.5) is 0 Å². The molecule has 0 aliphatic carbocycles. The van der Waals surface area contributed by atoms with E-state index in [9.17, 15) is 10.2 Å². The van der Waals surface area contributed by atoms with Crippen molar-refractivity contribution in [3.8, 4) is 17.2 Å². The molecule has 2 aromatic rings. The molecule has 0 saturated carbocycles. The Morgan fingerprint density at radius 3 is 2.67 bits per heavy atom. The molecule has 0 amide bonds. The minimum Gasteiger partial charge on any atom is -0.508 e. The summed E-state index contributed by atoms with van der Waals surface area (Å²) in [5, 5.41) is 23.0. The summed E-state index contributed by atoms with van der Waals surface area (Å²) in [5.41, 5.74) is 4.25. The van der Waals surface area contributed by atoms with E-state index in [0.29, 0.717) is 11.5 Å². The molecule has 0 spiro atoms. The summed E-state index contributed by atoms with van der Waals surface area (Å²) in [6, 6.07) is 9.37. The first-order valence-electron chi connectivity index (χ1n) is 7.00. The van der Waals surface area contributed by atoms with Gasteiger partial charge in [-0.25, -0.2) is 0 Å². The smallest absolute Gasteiger partial charge is 0.160 e. The van der Waals surface area contributed by atoms with E-state index in [2.05, 4.69) is 5.32 Å². The van der Waals surface area contributed by atoms with E-state index >= 15 is 0 Å². The Labute approximate surface area is 124 Å². The molecule has 1 aliphatic rings. The maximum atomic E-state index is 9.92. The second-order valence-corrected chi connectivity index (χ2v) is 5.45. The highest BCUT2D eigenvalue weighted by Gasteiger charge is 2.24. The molecule has 2 aromatic carbocycles. The number of hydrogen-bond donors (Lipinski definition) is 3. The van der Waals surface area contributed by atoms with Crippen LogP contribution in [0.15, 0.2) is 30.3 Å². The highest BCUT2D eigenvalue weighted by atomic mass is 16.5. The van der Waals surface area contributed by atoms with Gasteiger partial charge >= 0.3 is 0 Å². The van der Waals surface area contributed by atoms with Gasteiger partial charge in [0.05, 0.1) is 7.11 Å². The van der Waals surface area contributed by atoms with Crippen molar-refractivity contribution in [3.05, 3.63) is 52.6 Å². The van der Waals surface area contributed by atoms with Crippen LogP contribution >= 0.6 is 0 Å². The number of phenols is 2. The Hall–Kier alpha value is -2.20. The zero-order chi connectivity index (χ0) is 15.0. The SMILES string of the molecule is COc1cc2c(cc1O)CNCC2c1ccc(O)c(C)c1. The topological polar surface area (TPSA) is 61.7 Å². The van der Waals surface area contributed by atoms with Crippen LogP contribution in [0.5, 0.6) is 17.2 Å². The maximum absolute atomic E-state index is 9.92. The van der Waals surface area contributed by atoms with Gasteiger partial charge in [0.25, 0.3) is 0 Å². The van der Waals surface area contributed by atoms with Crippen molar-refractivity contribution >= 4 is 0 Å². The van der Waals surface area contributed by atoms with Gasteiger partial charge in [0.15, 0.2) is 11.5 Å². The van der Waals surface area contributed by atoms with Crippen molar-refractivity contribution in [1.29, 1.82) is 0 Å². The fraction of sp³-hybridized carbons (Fsp3) is 0.294. The average molecular weight is 285 g/mol. The van der Waals surface area contributed by atoms with E-state index in [0.717, 1.165) is 35.3 Å². The zero-order valence-electron chi connectivity index (χ0n) is 12.2. The van der Waals surface area contributed by atoms with E-state index < -0.39 is 0 Å². The van der Waals surface area contributed by atoms with Gasteiger partial charge in [-0.15, -0.1) is 0 Å². The van der Waals surface area contributed by atoms with Crippen molar-refractivity contribution in [2.45, 2.75) is 19.4 Å². The van der Waals surface area contributed by atoms with Gasteiger partial charge < -0.3 is 20.3 Å². The van der Waals surface area contributed by atoms with E-state index in [1.807, 2.05) is 25.1 Å². The number of methoxy groups -OCH3 is 1. The molecular weight excluding hydrogens is 266 g/mol. The molecule has 3 rings (SSSR count). The fourth-order valence-electron chi connectivity index (χ4n) is 2.92. The number of nitrogens with one attached hydrogen (secondary N) is 1. The summed E-state index contributed by atoms with van der Waals surface area (Å²) in [4.78, 5) is 0. The summed E-state index contributed by atoms with van der Waals surface area (Å²) < 4.78 is 5.23. The molecule has 1 atom stereocenters. The number of ether oxygens (including phenoxy) is 1. The van der Waals surface area contributed by atoms with Crippen LogP contribution in [0.1, 0.15) is 28.2 Å². The Morgan fingerprint density at radius 1 is 1.14 bits per heavy atom. The summed E-state index contributed by atoms with van der Waals surface area (Å²) >= 11 is 0. The Bertz CT molecular complexity index is 682. The van der Waals surface area contributed by atoms with Crippen molar-refractivity contribution in [2.24, 2.45) is 0 Å². The molecule has 1 heterocycles. The predicted molar refractivity (Wildman–Crippen MR) is 81.1 cm³/mol. The lowest BCUT2D eigenvalue weighted by Gasteiger charge is -2.28. The first kappa shape index (κ1) is 13.8. The van der Waals surface area contributed by atoms with Gasteiger partial charge in [-0.2, -0.15) is 0 Å². The van der Waals surface area contributed by atoms with Gasteiger partial charge in [0, 0.05) is 19.0 Å². The number of aromatic hydroxyl groups is 2. The van der Waals surface area contributed by atoms with E-state index in [1.54, 1.807) is 19.2 Å². The van der Waals surface area contributed by atoms with Crippen molar-refractivity contribution < 1.29 is 14.9 Å². The molecular formula is C17H19NO3. The van der Waals surface area contributed by atoms with E-state index in [4.69, 9.17) is 4.74 Å². The molecule has 21 heavy (non-hydrogen) atoms. The Morgan fingerprint density at radius 2 is 1.95 bits per heavy atom. The minimum absolute atomic E-state index is 0.167. The third kappa shape index (κ3) is 2.43. The van der Waals surface area contributed by atoms with Crippen LogP contribution < -0.4 is 10.1 Å². The fourth-order valence-corrected chi connectivity index (χ4v) is 2.92. The van der Waals surface area contributed by atoms with Crippen LogP contribution in [0, 0.1) is 6.92 Å². The second-order valence-electron chi connectivity index (χ2n) is 5.45. The zero-order valence-corrected chi connectivity index (χ0v) is 12.2. The molecule has 1 unspecified atom stereocenters. The molecule has 0 radical (unpaired) electrons. The normalized spacial score (nSPS) is 17.3. The molecule has 0 aromatic heterocycles. The average Bonchev–Trinajstić information content (AvgIpc) is 2.48. The number of hydrogen-bond acceptors (Lipinski definition) is 4. The van der Waals surface area contributed by atoms with Gasteiger partial charge in [0.1, 0.15) is 5.75 Å². The molecule has 4 heteroatoms. The van der Waals surface area contributed by atoms with Crippen molar-refractivity contribution in [1.82, 2.24) is 5.32 Å². The largest absolute Gasteiger partial charge is 0.508 e. The first-order valence-corrected chi connectivity index (χ1v) is 7.00. The van der Waals surface area contributed by atoms with E-state index in [-0.39, 0.29) is 11.7 Å². The molecule has 3 N–H and O–H groups in total. The number of phenolic OH excluding ortho intramolecular Hbond substituents is 2. The summed E-state index contributed by atoms with van der Waals surface area (Å²) in [7, 11) is 1.56. The van der Waals surface area contributed by atoms with Gasteiger partial charge in [-0.05, 0) is 47.4 Å². The lowest BCUT2D eigenvalue weighted by Crippen LogP contribution is -2.28. The third-order valence-electron chi connectivity index (χ3n) is 4.10. The quantitative estimate of drug-likeness (QED) is 0.794. The molecule has 4 nitrogen and oxygen atoms in total. The summed E-state index contributed by atoms with van der Waals surface area (Å²) in [6.07, 6.45) is 0. The van der Waals surface area contributed by atoms with Gasteiger partial charge in [0.2, 0.25) is 0 Å². The minimum atomic E-state index is 0.167. The number of benzene rings is 2. The monoisotopic (exact) mass is 285 g/mol. The lowest BCUT2D eigenvalue weighted by atomic mass is 9.84. The molecule has 0 bridgehead atoms.